The van der Waals surface area contributed by atoms with Gasteiger partial charge in [-0.2, -0.15) is 0 Å². The smallest absolute Gasteiger partial charge is 0.303 e. The van der Waals surface area contributed by atoms with Gasteiger partial charge in [0, 0.05) is 13.0 Å². The second-order valence-corrected chi connectivity index (χ2v) is 8.37. The minimum Gasteiger partial charge on any atom is -0.481 e. The third-order valence-corrected chi connectivity index (χ3v) is 5.61. The summed E-state index contributed by atoms with van der Waals surface area (Å²) in [5.74, 6) is -0.684. The maximum atomic E-state index is 10.5. The number of nitrogens with zero attached hydrogens (tertiary/aromatic N) is 1. The van der Waals surface area contributed by atoms with Crippen molar-refractivity contribution in [3.8, 4) is 0 Å². The summed E-state index contributed by atoms with van der Waals surface area (Å²) in [6.07, 6.45) is 22.1. The Hall–Kier alpha value is -0.610. The molecule has 4 heteroatoms. The SMILES string of the molecule is CCCCCCCCCCCCCCN(CCO)CCCCCCCC(=O)O. The maximum Gasteiger partial charge on any atom is 0.303 e. The molecule has 0 aromatic rings. The van der Waals surface area contributed by atoms with Gasteiger partial charge in [0.1, 0.15) is 0 Å². The van der Waals surface area contributed by atoms with Crippen LogP contribution < -0.4 is 0 Å². The summed E-state index contributed by atoms with van der Waals surface area (Å²) in [4.78, 5) is 12.9. The zero-order chi connectivity index (χ0) is 20.7. The molecule has 0 fully saturated rings. The van der Waals surface area contributed by atoms with Crippen molar-refractivity contribution in [1.82, 2.24) is 4.90 Å². The van der Waals surface area contributed by atoms with Crippen molar-refractivity contribution < 1.29 is 15.0 Å². The number of hydrogen-bond donors (Lipinski definition) is 2. The van der Waals surface area contributed by atoms with E-state index in [0.29, 0.717) is 6.42 Å². The minimum absolute atomic E-state index is 0.247. The molecule has 0 aliphatic carbocycles. The Morgan fingerprint density at radius 1 is 0.607 bits per heavy atom. The average Bonchev–Trinajstić information content (AvgIpc) is 2.67. The number of rotatable bonds is 23. The first-order valence-corrected chi connectivity index (χ1v) is 12.3. The lowest BCUT2D eigenvalue weighted by Crippen LogP contribution is -2.29. The zero-order valence-electron chi connectivity index (χ0n) is 18.8. The first kappa shape index (κ1) is 27.4. The summed E-state index contributed by atoms with van der Waals surface area (Å²) in [6, 6.07) is 0. The van der Waals surface area contributed by atoms with E-state index in [1.54, 1.807) is 0 Å². The average molecular weight is 400 g/mol. The minimum atomic E-state index is -0.684. The summed E-state index contributed by atoms with van der Waals surface area (Å²) >= 11 is 0. The van der Waals surface area contributed by atoms with E-state index in [0.717, 1.165) is 45.3 Å². The molecule has 0 aliphatic rings. The topological polar surface area (TPSA) is 60.8 Å². The first-order valence-electron chi connectivity index (χ1n) is 12.3. The Morgan fingerprint density at radius 3 is 1.39 bits per heavy atom. The molecule has 28 heavy (non-hydrogen) atoms. The number of carbonyl (C=O) groups is 1. The molecule has 0 rings (SSSR count). The predicted molar refractivity (Wildman–Crippen MR) is 120 cm³/mol. The Balaban J connectivity index is 3.42. The highest BCUT2D eigenvalue weighted by Crippen LogP contribution is 2.12. The standard InChI is InChI=1S/C24H49NO3/c1-2-3-4-5-6-7-8-9-10-11-14-17-20-25(22-23-26)21-18-15-12-13-16-19-24(27)28/h26H,2-23H2,1H3,(H,27,28). The summed E-state index contributed by atoms with van der Waals surface area (Å²) in [5, 5.41) is 17.9. The van der Waals surface area contributed by atoms with E-state index < -0.39 is 5.97 Å². The van der Waals surface area contributed by atoms with Gasteiger partial charge >= 0.3 is 5.97 Å². The Morgan fingerprint density at radius 2 is 1.00 bits per heavy atom. The van der Waals surface area contributed by atoms with Crippen molar-refractivity contribution in [3.63, 3.8) is 0 Å². The van der Waals surface area contributed by atoms with Crippen molar-refractivity contribution in [2.45, 2.75) is 122 Å². The van der Waals surface area contributed by atoms with Crippen LogP contribution in [0.2, 0.25) is 0 Å². The molecule has 0 atom stereocenters. The van der Waals surface area contributed by atoms with Crippen LogP contribution in [-0.4, -0.2) is 47.3 Å². The van der Waals surface area contributed by atoms with Gasteiger partial charge in [-0.1, -0.05) is 96.8 Å². The van der Waals surface area contributed by atoms with Crippen molar-refractivity contribution >= 4 is 5.97 Å². The fourth-order valence-electron chi connectivity index (χ4n) is 3.80. The van der Waals surface area contributed by atoms with Crippen molar-refractivity contribution in [2.75, 3.05) is 26.2 Å². The predicted octanol–water partition coefficient (Wildman–Crippen LogP) is 6.41. The number of aliphatic hydroxyl groups excluding tert-OH is 1. The lowest BCUT2D eigenvalue weighted by atomic mass is 10.1. The summed E-state index contributed by atoms with van der Waals surface area (Å²) in [7, 11) is 0. The van der Waals surface area contributed by atoms with Gasteiger partial charge in [0.05, 0.1) is 6.61 Å². The molecule has 0 aromatic heterocycles. The van der Waals surface area contributed by atoms with Gasteiger partial charge in [0.25, 0.3) is 0 Å². The van der Waals surface area contributed by atoms with Crippen LogP contribution in [0.4, 0.5) is 0 Å². The number of aliphatic carboxylic acids is 1. The van der Waals surface area contributed by atoms with E-state index in [-0.39, 0.29) is 6.61 Å². The van der Waals surface area contributed by atoms with Crippen LogP contribution in [0.15, 0.2) is 0 Å². The van der Waals surface area contributed by atoms with Crippen LogP contribution in [-0.2, 0) is 4.79 Å². The lowest BCUT2D eigenvalue weighted by molar-refractivity contribution is -0.137. The molecule has 0 saturated carbocycles. The molecular formula is C24H49NO3. The summed E-state index contributed by atoms with van der Waals surface area (Å²) in [5.41, 5.74) is 0. The number of carboxylic acids is 1. The molecule has 168 valence electrons. The highest BCUT2D eigenvalue weighted by molar-refractivity contribution is 5.66. The molecule has 0 bridgehead atoms. The molecule has 0 aromatic carbocycles. The third-order valence-electron chi connectivity index (χ3n) is 5.61. The number of aliphatic hydroxyl groups is 1. The molecular weight excluding hydrogens is 350 g/mol. The fraction of sp³-hybridized carbons (Fsp3) is 0.958. The van der Waals surface area contributed by atoms with E-state index in [1.165, 1.54) is 83.5 Å². The van der Waals surface area contributed by atoms with Gasteiger partial charge in [-0.3, -0.25) is 4.79 Å². The molecule has 0 amide bonds. The van der Waals surface area contributed by atoms with Gasteiger partial charge in [0.2, 0.25) is 0 Å². The largest absolute Gasteiger partial charge is 0.481 e. The van der Waals surface area contributed by atoms with Crippen LogP contribution >= 0.6 is 0 Å². The Labute approximate surface area is 175 Å². The highest BCUT2D eigenvalue weighted by Gasteiger charge is 2.04. The van der Waals surface area contributed by atoms with E-state index in [1.807, 2.05) is 0 Å². The van der Waals surface area contributed by atoms with Gasteiger partial charge < -0.3 is 15.1 Å². The van der Waals surface area contributed by atoms with E-state index in [9.17, 15) is 9.90 Å². The van der Waals surface area contributed by atoms with E-state index >= 15 is 0 Å². The van der Waals surface area contributed by atoms with Crippen LogP contribution in [0.3, 0.4) is 0 Å². The van der Waals surface area contributed by atoms with E-state index in [2.05, 4.69) is 11.8 Å². The van der Waals surface area contributed by atoms with Crippen molar-refractivity contribution in [2.24, 2.45) is 0 Å². The van der Waals surface area contributed by atoms with Gasteiger partial charge in [-0.05, 0) is 32.4 Å². The molecule has 0 saturated heterocycles. The first-order chi connectivity index (χ1) is 13.7. The Bertz CT molecular complexity index is 323. The molecule has 0 radical (unpaired) electrons. The number of hydrogen-bond acceptors (Lipinski definition) is 3. The van der Waals surface area contributed by atoms with Gasteiger partial charge in [0.15, 0.2) is 0 Å². The summed E-state index contributed by atoms with van der Waals surface area (Å²) < 4.78 is 0. The monoisotopic (exact) mass is 399 g/mol. The second-order valence-electron chi connectivity index (χ2n) is 8.37. The normalized spacial score (nSPS) is 11.4. The highest BCUT2D eigenvalue weighted by atomic mass is 16.4. The van der Waals surface area contributed by atoms with Crippen LogP contribution in [0.1, 0.15) is 122 Å². The molecule has 4 nitrogen and oxygen atoms in total. The Kier molecular flexibility index (Phi) is 22.2. The molecule has 2 N–H and O–H groups in total. The van der Waals surface area contributed by atoms with Gasteiger partial charge in [-0.25, -0.2) is 0 Å². The quantitative estimate of drug-likeness (QED) is 0.195. The van der Waals surface area contributed by atoms with E-state index in [4.69, 9.17) is 5.11 Å². The lowest BCUT2D eigenvalue weighted by Gasteiger charge is -2.21. The fourth-order valence-corrected chi connectivity index (χ4v) is 3.80. The van der Waals surface area contributed by atoms with Gasteiger partial charge in [-0.15, -0.1) is 0 Å². The second kappa shape index (κ2) is 22.7. The summed E-state index contributed by atoms with van der Waals surface area (Å²) in [6.45, 7) is 5.49. The molecule has 0 aliphatic heterocycles. The zero-order valence-corrected chi connectivity index (χ0v) is 18.8. The molecule has 0 unspecified atom stereocenters. The third kappa shape index (κ3) is 21.7. The van der Waals surface area contributed by atoms with Crippen molar-refractivity contribution in [3.05, 3.63) is 0 Å². The van der Waals surface area contributed by atoms with Crippen molar-refractivity contribution in [1.29, 1.82) is 0 Å². The maximum absolute atomic E-state index is 10.5. The van der Waals surface area contributed by atoms with Crippen LogP contribution in [0.25, 0.3) is 0 Å². The molecule has 0 heterocycles. The number of unbranched alkanes of at least 4 members (excludes halogenated alkanes) is 15. The molecule has 0 spiro atoms. The number of carboxylic acid groups (broad SMARTS) is 1. The van der Waals surface area contributed by atoms with Crippen LogP contribution in [0, 0.1) is 0 Å². The van der Waals surface area contributed by atoms with Crippen LogP contribution in [0.5, 0.6) is 0 Å².